The van der Waals surface area contributed by atoms with Gasteiger partial charge in [0.1, 0.15) is 0 Å². The number of hydrogen-bond donors (Lipinski definition) is 1. The van der Waals surface area contributed by atoms with Gasteiger partial charge in [-0.3, -0.25) is 0 Å². The van der Waals surface area contributed by atoms with Crippen LogP contribution in [-0.4, -0.2) is 7.05 Å². The smallest absolute Gasteiger partial charge is 0.309 e. The molecule has 1 aromatic heterocycles. The first-order chi connectivity index (χ1) is 9.74. The Hall–Kier alpha value is -0.370. The molecule has 0 aliphatic carbocycles. The fourth-order valence-electron chi connectivity index (χ4n) is 2.07. The quantitative estimate of drug-likeness (QED) is 0.623. The highest BCUT2D eigenvalue weighted by Gasteiger charge is 2.32. The number of rotatable bonds is 3. The van der Waals surface area contributed by atoms with Crippen LogP contribution in [0.3, 0.4) is 0 Å². The summed E-state index contributed by atoms with van der Waals surface area (Å²) in [4.78, 5) is 2.05. The number of nitrogens with one attached hydrogen (secondary N) is 1. The van der Waals surface area contributed by atoms with Gasteiger partial charge in [-0.25, -0.2) is 0 Å². The molecule has 7 heteroatoms. The van der Waals surface area contributed by atoms with Gasteiger partial charge < -0.3 is 5.32 Å². The van der Waals surface area contributed by atoms with E-state index in [1.807, 2.05) is 13.0 Å². The van der Waals surface area contributed by atoms with Crippen LogP contribution in [0.15, 0.2) is 33.2 Å². The third kappa shape index (κ3) is 3.70. The first-order valence-corrected chi connectivity index (χ1v) is 8.44. The topological polar surface area (TPSA) is 12.0 Å². The molecule has 1 atom stereocenters. The lowest BCUT2D eigenvalue weighted by molar-refractivity contribution is -0.137. The fourth-order valence-corrected chi connectivity index (χ4v) is 4.55. The van der Waals surface area contributed by atoms with Crippen molar-refractivity contribution in [2.75, 3.05) is 7.05 Å². The van der Waals surface area contributed by atoms with Crippen molar-refractivity contribution in [3.8, 4) is 0 Å². The summed E-state index contributed by atoms with van der Waals surface area (Å²) in [6, 6.07) is 5.36. The van der Waals surface area contributed by atoms with Crippen LogP contribution in [-0.2, 0) is 6.18 Å². The second-order valence-corrected chi connectivity index (χ2v) is 7.52. The van der Waals surface area contributed by atoms with Crippen LogP contribution in [0.4, 0.5) is 13.2 Å². The maximum atomic E-state index is 12.9. The van der Waals surface area contributed by atoms with Crippen molar-refractivity contribution in [1.29, 1.82) is 0 Å². The summed E-state index contributed by atoms with van der Waals surface area (Å²) in [7, 11) is 1.73. The van der Waals surface area contributed by atoms with Crippen LogP contribution in [0, 0.1) is 6.92 Å². The predicted molar refractivity (Wildman–Crippen MR) is 86.8 cm³/mol. The summed E-state index contributed by atoms with van der Waals surface area (Å²) in [5.74, 6) is 0. The van der Waals surface area contributed by atoms with E-state index in [0.717, 1.165) is 20.3 Å². The molecule has 0 aliphatic rings. The Morgan fingerprint density at radius 2 is 1.81 bits per heavy atom. The Morgan fingerprint density at radius 3 is 2.29 bits per heavy atom. The van der Waals surface area contributed by atoms with E-state index in [1.165, 1.54) is 12.1 Å². The molecule has 0 aliphatic heterocycles. The summed E-state index contributed by atoms with van der Waals surface area (Å²) in [6.07, 6.45) is -4.35. The highest BCUT2D eigenvalue weighted by molar-refractivity contribution is 9.10. The molecule has 0 fully saturated rings. The van der Waals surface area contributed by atoms with Gasteiger partial charge in [0.15, 0.2) is 0 Å². The van der Waals surface area contributed by atoms with Gasteiger partial charge in [0.25, 0.3) is 0 Å². The van der Waals surface area contributed by atoms with Crippen molar-refractivity contribution in [3.63, 3.8) is 0 Å². The minimum atomic E-state index is -4.35. The minimum absolute atomic E-state index is 0.310. The first kappa shape index (κ1) is 17.0. The highest BCUT2D eigenvalue weighted by Crippen LogP contribution is 2.40. The van der Waals surface area contributed by atoms with Gasteiger partial charge in [0.2, 0.25) is 0 Å². The summed E-state index contributed by atoms with van der Waals surface area (Å²) < 4.78 is 40.3. The molecule has 1 unspecified atom stereocenters. The van der Waals surface area contributed by atoms with E-state index in [1.54, 1.807) is 18.4 Å². The molecule has 0 spiro atoms. The lowest BCUT2D eigenvalue weighted by atomic mass is 10.0. The van der Waals surface area contributed by atoms with Crippen LogP contribution in [0.5, 0.6) is 0 Å². The van der Waals surface area contributed by atoms with Gasteiger partial charge >= 0.3 is 6.18 Å². The number of halogens is 5. The van der Waals surface area contributed by atoms with Crippen molar-refractivity contribution < 1.29 is 13.2 Å². The normalized spacial score (nSPS) is 13.5. The van der Waals surface area contributed by atoms with E-state index >= 15 is 0 Å². The average Bonchev–Trinajstić information content (AvgIpc) is 2.70. The number of hydrogen-bond acceptors (Lipinski definition) is 2. The maximum absolute atomic E-state index is 12.9. The van der Waals surface area contributed by atoms with Gasteiger partial charge in [-0.05, 0) is 59.7 Å². The molecular weight excluding hydrogens is 431 g/mol. The van der Waals surface area contributed by atoms with E-state index in [0.29, 0.717) is 10.0 Å². The Balaban J connectivity index is 2.54. The highest BCUT2D eigenvalue weighted by atomic mass is 79.9. The van der Waals surface area contributed by atoms with Crippen molar-refractivity contribution in [3.05, 3.63) is 54.1 Å². The average molecular weight is 443 g/mol. The zero-order valence-electron chi connectivity index (χ0n) is 11.2. The SMILES string of the molecule is CNC(c1cc(C(F)(F)F)ccc1Br)c1sc(C)cc1Br. The number of alkyl halides is 3. The number of thiophene rings is 1. The molecular formula is C14H12Br2F3NS. The summed E-state index contributed by atoms with van der Waals surface area (Å²) >= 11 is 8.37. The lowest BCUT2D eigenvalue weighted by Gasteiger charge is -2.19. The van der Waals surface area contributed by atoms with Crippen molar-refractivity contribution >= 4 is 43.2 Å². The van der Waals surface area contributed by atoms with Gasteiger partial charge in [-0.2, -0.15) is 13.2 Å². The zero-order chi connectivity index (χ0) is 15.8. The molecule has 1 N–H and O–H groups in total. The Bertz CT molecular complexity index is 652. The second kappa shape index (κ2) is 6.40. The molecule has 21 heavy (non-hydrogen) atoms. The Morgan fingerprint density at radius 1 is 1.14 bits per heavy atom. The molecule has 2 rings (SSSR count). The van der Waals surface area contributed by atoms with Crippen LogP contribution >= 0.6 is 43.2 Å². The molecule has 0 saturated carbocycles. The van der Waals surface area contributed by atoms with E-state index < -0.39 is 11.7 Å². The Labute approximate surface area is 141 Å². The fraction of sp³-hybridized carbons (Fsp3) is 0.286. The molecule has 1 aromatic carbocycles. The summed E-state index contributed by atoms with van der Waals surface area (Å²) in [5.41, 5.74) is -0.0831. The molecule has 2 aromatic rings. The summed E-state index contributed by atoms with van der Waals surface area (Å²) in [6.45, 7) is 1.97. The van der Waals surface area contributed by atoms with Gasteiger partial charge in [-0.15, -0.1) is 11.3 Å². The van der Waals surface area contributed by atoms with Gasteiger partial charge in [0, 0.05) is 18.7 Å². The number of benzene rings is 1. The molecule has 1 heterocycles. The van der Waals surface area contributed by atoms with Gasteiger partial charge in [0.05, 0.1) is 11.6 Å². The maximum Gasteiger partial charge on any atom is 0.416 e. The van der Waals surface area contributed by atoms with Crippen molar-refractivity contribution in [2.24, 2.45) is 0 Å². The van der Waals surface area contributed by atoms with Crippen LogP contribution in [0.25, 0.3) is 0 Å². The molecule has 1 nitrogen and oxygen atoms in total. The van der Waals surface area contributed by atoms with Crippen molar-refractivity contribution in [1.82, 2.24) is 5.32 Å². The second-order valence-electron chi connectivity index (χ2n) is 4.52. The van der Waals surface area contributed by atoms with Crippen LogP contribution in [0.1, 0.15) is 26.9 Å². The molecule has 114 valence electrons. The zero-order valence-corrected chi connectivity index (χ0v) is 15.2. The van der Waals surface area contributed by atoms with Crippen LogP contribution in [0.2, 0.25) is 0 Å². The molecule has 0 bridgehead atoms. The standard InChI is InChI=1S/C14H12Br2F3NS/c1-7-5-11(16)13(21-7)12(20-2)9-6-8(14(17,18)19)3-4-10(9)15/h3-6,12,20H,1-2H3. The van der Waals surface area contributed by atoms with E-state index in [-0.39, 0.29) is 6.04 Å². The van der Waals surface area contributed by atoms with E-state index in [9.17, 15) is 13.2 Å². The van der Waals surface area contributed by atoms with Crippen LogP contribution < -0.4 is 5.32 Å². The third-order valence-electron chi connectivity index (χ3n) is 3.02. The number of aryl methyl sites for hydroxylation is 1. The monoisotopic (exact) mass is 441 g/mol. The molecule has 0 radical (unpaired) electrons. The third-order valence-corrected chi connectivity index (χ3v) is 5.78. The van der Waals surface area contributed by atoms with Crippen molar-refractivity contribution in [2.45, 2.75) is 19.1 Å². The lowest BCUT2D eigenvalue weighted by Crippen LogP contribution is -2.18. The predicted octanol–water partition coefficient (Wildman–Crippen LogP) is 5.91. The van der Waals surface area contributed by atoms with Gasteiger partial charge in [-0.1, -0.05) is 15.9 Å². The van der Waals surface area contributed by atoms with E-state index in [4.69, 9.17) is 0 Å². The first-order valence-electron chi connectivity index (χ1n) is 6.03. The molecule has 0 saturated heterocycles. The molecule has 0 amide bonds. The minimum Gasteiger partial charge on any atom is -0.309 e. The largest absolute Gasteiger partial charge is 0.416 e. The van der Waals surface area contributed by atoms with E-state index in [2.05, 4.69) is 37.2 Å². The summed E-state index contributed by atoms with van der Waals surface area (Å²) in [5, 5.41) is 3.09. The Kier molecular flexibility index (Phi) is 5.18.